The van der Waals surface area contributed by atoms with E-state index in [0.717, 1.165) is 0 Å². The van der Waals surface area contributed by atoms with Crippen LogP contribution in [0.25, 0.3) is 0 Å². The standard InChI is InChI=1S/C14H21NO2/c1-10-6-7-12(11(2)8-10)9-15(5)14(3,4)13(16)17/h6-8H,9H2,1-5H3,(H,16,17). The Hall–Kier alpha value is -1.35. The Morgan fingerprint density at radius 3 is 2.41 bits per heavy atom. The Kier molecular flexibility index (Phi) is 3.94. The van der Waals surface area contributed by atoms with E-state index < -0.39 is 11.5 Å². The van der Waals surface area contributed by atoms with E-state index in [0.29, 0.717) is 6.54 Å². The molecular formula is C14H21NO2. The molecule has 0 aliphatic heterocycles. The van der Waals surface area contributed by atoms with Crippen molar-refractivity contribution < 1.29 is 9.90 Å². The molecule has 3 nitrogen and oxygen atoms in total. The third-order valence-corrected chi connectivity index (χ3v) is 3.38. The summed E-state index contributed by atoms with van der Waals surface area (Å²) in [4.78, 5) is 13.0. The molecule has 17 heavy (non-hydrogen) atoms. The molecule has 0 fully saturated rings. The quantitative estimate of drug-likeness (QED) is 0.872. The second-order valence-corrected chi connectivity index (χ2v) is 5.15. The van der Waals surface area contributed by atoms with Crippen LogP contribution in [0.3, 0.4) is 0 Å². The van der Waals surface area contributed by atoms with Crippen LogP contribution in [0.4, 0.5) is 0 Å². The highest BCUT2D eigenvalue weighted by Crippen LogP contribution is 2.18. The van der Waals surface area contributed by atoms with Crippen molar-refractivity contribution in [3.8, 4) is 0 Å². The zero-order valence-corrected chi connectivity index (χ0v) is 11.2. The molecule has 1 aromatic rings. The van der Waals surface area contributed by atoms with Crippen LogP contribution < -0.4 is 0 Å². The van der Waals surface area contributed by atoms with Gasteiger partial charge in [0, 0.05) is 6.54 Å². The van der Waals surface area contributed by atoms with E-state index >= 15 is 0 Å². The maximum Gasteiger partial charge on any atom is 0.323 e. The normalized spacial score (nSPS) is 11.9. The van der Waals surface area contributed by atoms with E-state index in [1.54, 1.807) is 13.8 Å². The van der Waals surface area contributed by atoms with Gasteiger partial charge in [-0.1, -0.05) is 23.8 Å². The molecule has 0 aromatic heterocycles. The number of likely N-dealkylation sites (N-methyl/N-ethyl adjacent to an activating group) is 1. The van der Waals surface area contributed by atoms with Crippen molar-refractivity contribution in [1.82, 2.24) is 4.90 Å². The molecule has 1 aromatic carbocycles. The maximum atomic E-state index is 11.2. The molecule has 0 amide bonds. The topological polar surface area (TPSA) is 40.5 Å². The van der Waals surface area contributed by atoms with Gasteiger partial charge >= 0.3 is 5.97 Å². The lowest BCUT2D eigenvalue weighted by atomic mass is 10.0. The van der Waals surface area contributed by atoms with Gasteiger partial charge in [-0.15, -0.1) is 0 Å². The maximum absolute atomic E-state index is 11.2. The van der Waals surface area contributed by atoms with Crippen LogP contribution in [0.15, 0.2) is 18.2 Å². The number of carboxylic acid groups (broad SMARTS) is 1. The van der Waals surface area contributed by atoms with Crippen LogP contribution in [0.1, 0.15) is 30.5 Å². The summed E-state index contributed by atoms with van der Waals surface area (Å²) in [5.74, 6) is -0.801. The first-order chi connectivity index (χ1) is 7.75. The largest absolute Gasteiger partial charge is 0.480 e. The number of hydrogen-bond donors (Lipinski definition) is 1. The summed E-state index contributed by atoms with van der Waals surface area (Å²) >= 11 is 0. The van der Waals surface area contributed by atoms with Gasteiger partial charge in [-0.3, -0.25) is 9.69 Å². The van der Waals surface area contributed by atoms with Crippen LogP contribution in [-0.4, -0.2) is 28.6 Å². The van der Waals surface area contributed by atoms with E-state index in [2.05, 4.69) is 32.0 Å². The summed E-state index contributed by atoms with van der Waals surface area (Å²) < 4.78 is 0. The summed E-state index contributed by atoms with van der Waals surface area (Å²) in [6.07, 6.45) is 0. The van der Waals surface area contributed by atoms with E-state index in [1.807, 2.05) is 11.9 Å². The summed E-state index contributed by atoms with van der Waals surface area (Å²) in [6.45, 7) is 8.20. The van der Waals surface area contributed by atoms with Crippen molar-refractivity contribution >= 4 is 5.97 Å². The molecule has 3 heteroatoms. The van der Waals surface area contributed by atoms with E-state index in [-0.39, 0.29) is 0 Å². The molecule has 0 saturated carbocycles. The highest BCUT2D eigenvalue weighted by atomic mass is 16.4. The minimum absolute atomic E-state index is 0.644. The van der Waals surface area contributed by atoms with Crippen LogP contribution >= 0.6 is 0 Å². The van der Waals surface area contributed by atoms with Crippen molar-refractivity contribution in [3.05, 3.63) is 34.9 Å². The first-order valence-electron chi connectivity index (χ1n) is 5.76. The monoisotopic (exact) mass is 235 g/mol. The average Bonchev–Trinajstić information content (AvgIpc) is 2.21. The number of rotatable bonds is 4. The van der Waals surface area contributed by atoms with Gasteiger partial charge in [0.15, 0.2) is 0 Å². The Bertz CT molecular complexity index is 424. The molecule has 94 valence electrons. The second-order valence-electron chi connectivity index (χ2n) is 5.15. The number of aryl methyl sites for hydroxylation is 2. The molecule has 0 unspecified atom stereocenters. The highest BCUT2D eigenvalue weighted by Gasteiger charge is 2.31. The second kappa shape index (κ2) is 4.88. The van der Waals surface area contributed by atoms with Crippen molar-refractivity contribution in [2.45, 2.75) is 39.8 Å². The molecule has 0 heterocycles. The van der Waals surface area contributed by atoms with Crippen molar-refractivity contribution in [3.63, 3.8) is 0 Å². The van der Waals surface area contributed by atoms with Gasteiger partial charge in [0.2, 0.25) is 0 Å². The molecule has 0 aliphatic carbocycles. The van der Waals surface area contributed by atoms with E-state index in [1.165, 1.54) is 16.7 Å². The summed E-state index contributed by atoms with van der Waals surface area (Å²) in [6, 6.07) is 6.25. The first kappa shape index (κ1) is 13.7. The van der Waals surface area contributed by atoms with Gasteiger partial charge < -0.3 is 5.11 Å². The lowest BCUT2D eigenvalue weighted by Gasteiger charge is -2.31. The van der Waals surface area contributed by atoms with Crippen LogP contribution in [0, 0.1) is 13.8 Å². The lowest BCUT2D eigenvalue weighted by molar-refractivity contribution is -0.148. The fourth-order valence-electron chi connectivity index (χ4n) is 1.64. The Morgan fingerprint density at radius 2 is 1.94 bits per heavy atom. The fraction of sp³-hybridized carbons (Fsp3) is 0.500. The van der Waals surface area contributed by atoms with Crippen LogP contribution in [0.5, 0.6) is 0 Å². The molecule has 1 rings (SSSR count). The molecule has 0 atom stereocenters. The van der Waals surface area contributed by atoms with Crippen LogP contribution in [0.2, 0.25) is 0 Å². The van der Waals surface area contributed by atoms with Gasteiger partial charge in [0.1, 0.15) is 5.54 Å². The van der Waals surface area contributed by atoms with E-state index in [4.69, 9.17) is 5.11 Å². The molecule has 0 radical (unpaired) electrons. The zero-order chi connectivity index (χ0) is 13.2. The minimum Gasteiger partial charge on any atom is -0.480 e. The Balaban J connectivity index is 2.88. The molecule has 0 aliphatic rings. The number of carbonyl (C=O) groups is 1. The Morgan fingerprint density at radius 1 is 1.35 bits per heavy atom. The Labute approximate surface area is 103 Å². The number of aliphatic carboxylic acids is 1. The van der Waals surface area contributed by atoms with Crippen molar-refractivity contribution in [2.75, 3.05) is 7.05 Å². The van der Waals surface area contributed by atoms with Gasteiger partial charge in [-0.25, -0.2) is 0 Å². The van der Waals surface area contributed by atoms with E-state index in [9.17, 15) is 4.79 Å². The summed E-state index contributed by atoms with van der Waals surface area (Å²) in [5.41, 5.74) is 2.76. The smallest absolute Gasteiger partial charge is 0.323 e. The first-order valence-corrected chi connectivity index (χ1v) is 5.76. The number of hydrogen-bond acceptors (Lipinski definition) is 2. The van der Waals surface area contributed by atoms with Crippen LogP contribution in [-0.2, 0) is 11.3 Å². The highest BCUT2D eigenvalue weighted by molar-refractivity contribution is 5.77. The third kappa shape index (κ3) is 3.07. The average molecular weight is 235 g/mol. The summed E-state index contributed by atoms with van der Waals surface area (Å²) in [5, 5.41) is 9.16. The molecule has 0 saturated heterocycles. The van der Waals surface area contributed by atoms with Gasteiger partial charge in [0.25, 0.3) is 0 Å². The van der Waals surface area contributed by atoms with Crippen molar-refractivity contribution in [1.29, 1.82) is 0 Å². The van der Waals surface area contributed by atoms with Gasteiger partial charge in [-0.2, -0.15) is 0 Å². The van der Waals surface area contributed by atoms with Gasteiger partial charge in [-0.05, 0) is 45.9 Å². The predicted octanol–water partition coefficient (Wildman–Crippen LogP) is 2.60. The summed E-state index contributed by atoms with van der Waals surface area (Å²) in [7, 11) is 1.84. The molecule has 1 N–H and O–H groups in total. The van der Waals surface area contributed by atoms with Gasteiger partial charge in [0.05, 0.1) is 0 Å². The third-order valence-electron chi connectivity index (χ3n) is 3.38. The number of carboxylic acids is 1. The zero-order valence-electron chi connectivity index (χ0n) is 11.2. The minimum atomic E-state index is -0.850. The SMILES string of the molecule is Cc1ccc(CN(C)C(C)(C)C(=O)O)c(C)c1. The number of benzene rings is 1. The number of nitrogens with zero attached hydrogens (tertiary/aromatic N) is 1. The molecular weight excluding hydrogens is 214 g/mol. The molecule has 0 spiro atoms. The fourth-order valence-corrected chi connectivity index (χ4v) is 1.64. The molecule has 0 bridgehead atoms. The van der Waals surface area contributed by atoms with Crippen molar-refractivity contribution in [2.24, 2.45) is 0 Å². The predicted molar refractivity (Wildman–Crippen MR) is 69.1 cm³/mol. The lowest BCUT2D eigenvalue weighted by Crippen LogP contribution is -2.47.